The van der Waals surface area contributed by atoms with Crippen LogP contribution in [0, 0.1) is 0 Å². The van der Waals surface area contributed by atoms with Crippen LogP contribution < -0.4 is 14.2 Å². The fraction of sp³-hybridized carbons (Fsp3) is 0.158. The highest BCUT2D eigenvalue weighted by Gasteiger charge is 2.14. The minimum Gasteiger partial charge on any atom is -0.502 e. The maximum absolute atomic E-state index is 9.98. The molecule has 1 heterocycles. The first-order valence-corrected chi connectivity index (χ1v) is 8.24. The number of hydrogen-bond acceptors (Lipinski definition) is 7. The molecule has 0 radical (unpaired) electrons. The minimum absolute atomic E-state index is 0.0899. The first-order valence-electron chi connectivity index (χ1n) is 7.86. The molecule has 2 aromatic carbocycles. The van der Waals surface area contributed by atoms with Crippen molar-refractivity contribution in [3.63, 3.8) is 0 Å². The number of aromatic hydroxyl groups is 1. The van der Waals surface area contributed by atoms with Crippen LogP contribution in [-0.2, 0) is 0 Å². The maximum atomic E-state index is 9.98. The summed E-state index contributed by atoms with van der Waals surface area (Å²) < 4.78 is 20.6. The van der Waals surface area contributed by atoms with E-state index in [1.54, 1.807) is 37.5 Å². The molecule has 1 aromatic heterocycles. The maximum Gasteiger partial charge on any atom is 0.269 e. The molecule has 1 N–H and O–H groups in total. The zero-order valence-electron chi connectivity index (χ0n) is 14.9. The summed E-state index contributed by atoms with van der Waals surface area (Å²) >= 11 is 6.32. The Kier molecular flexibility index (Phi) is 5.52. The van der Waals surface area contributed by atoms with E-state index in [1.165, 1.54) is 14.2 Å². The van der Waals surface area contributed by atoms with Crippen molar-refractivity contribution >= 4 is 22.7 Å². The molecule has 27 heavy (non-hydrogen) atoms. The van der Waals surface area contributed by atoms with E-state index in [0.717, 1.165) is 11.3 Å². The molecule has 0 amide bonds. The molecule has 0 saturated carbocycles. The van der Waals surface area contributed by atoms with Gasteiger partial charge in [-0.25, -0.2) is 0 Å². The lowest BCUT2D eigenvalue weighted by Crippen LogP contribution is -1.90. The number of hydrogen-bond donors (Lipinski definition) is 1. The van der Waals surface area contributed by atoms with E-state index < -0.39 is 0 Å². The Morgan fingerprint density at radius 2 is 1.67 bits per heavy atom. The second kappa shape index (κ2) is 8.01. The van der Waals surface area contributed by atoms with Crippen molar-refractivity contribution < 1.29 is 23.8 Å². The van der Waals surface area contributed by atoms with Gasteiger partial charge in [0.15, 0.2) is 11.5 Å². The highest BCUT2D eigenvalue weighted by Crippen LogP contribution is 2.38. The Morgan fingerprint density at radius 3 is 2.22 bits per heavy atom. The highest BCUT2D eigenvalue weighted by molar-refractivity contribution is 6.50. The molecule has 0 aliphatic carbocycles. The molecule has 0 aliphatic heterocycles. The zero-order chi connectivity index (χ0) is 19.4. The van der Waals surface area contributed by atoms with Crippen LogP contribution in [0.5, 0.6) is 23.0 Å². The lowest BCUT2D eigenvalue weighted by Gasteiger charge is -2.09. The molecule has 140 valence electrons. The van der Waals surface area contributed by atoms with Crippen LogP contribution in [0.15, 0.2) is 40.9 Å². The van der Waals surface area contributed by atoms with Crippen molar-refractivity contribution in [2.45, 2.75) is 0 Å². The van der Waals surface area contributed by atoms with Crippen LogP contribution in [0.3, 0.4) is 0 Å². The quantitative estimate of drug-likeness (QED) is 0.676. The Morgan fingerprint density at radius 1 is 1.04 bits per heavy atom. The van der Waals surface area contributed by atoms with Gasteiger partial charge < -0.3 is 23.8 Å². The molecule has 3 aromatic rings. The van der Waals surface area contributed by atoms with Crippen LogP contribution in [0.2, 0.25) is 0 Å². The smallest absolute Gasteiger partial charge is 0.269 e. The molecule has 0 bridgehead atoms. The van der Waals surface area contributed by atoms with Crippen molar-refractivity contribution in [3.8, 4) is 34.4 Å². The third-order valence-electron chi connectivity index (χ3n) is 3.77. The van der Waals surface area contributed by atoms with Gasteiger partial charge in [0.1, 0.15) is 10.8 Å². The van der Waals surface area contributed by atoms with E-state index >= 15 is 0 Å². The fourth-order valence-corrected chi connectivity index (χ4v) is 2.59. The summed E-state index contributed by atoms with van der Waals surface area (Å²) in [5, 5.41) is 14.2. The van der Waals surface area contributed by atoms with Gasteiger partial charge in [-0.3, -0.25) is 0 Å². The Balaban J connectivity index is 1.90. The number of aromatic nitrogens is 2. The fourth-order valence-electron chi connectivity index (χ4n) is 2.38. The number of benzene rings is 2. The van der Waals surface area contributed by atoms with E-state index in [-0.39, 0.29) is 28.2 Å². The highest BCUT2D eigenvalue weighted by atomic mass is 35.5. The number of ether oxygens (including phenoxy) is 3. The molecule has 0 fully saturated rings. The van der Waals surface area contributed by atoms with Gasteiger partial charge in [-0.15, -0.1) is 0 Å². The second-order valence-corrected chi connectivity index (χ2v) is 5.83. The second-order valence-electron chi connectivity index (χ2n) is 5.42. The molecule has 7 nitrogen and oxygen atoms in total. The van der Waals surface area contributed by atoms with Gasteiger partial charge in [-0.1, -0.05) is 16.8 Å². The predicted octanol–water partition coefficient (Wildman–Crippen LogP) is 4.20. The number of methoxy groups -OCH3 is 3. The summed E-state index contributed by atoms with van der Waals surface area (Å²) in [5.41, 5.74) is 1.40. The molecular weight excluding hydrogens is 372 g/mol. The molecule has 0 unspecified atom stereocenters. The average molecular weight is 389 g/mol. The van der Waals surface area contributed by atoms with Gasteiger partial charge in [-0.2, -0.15) is 4.98 Å². The van der Waals surface area contributed by atoms with Crippen molar-refractivity contribution in [1.82, 2.24) is 10.1 Å². The first-order chi connectivity index (χ1) is 13.0. The number of rotatable bonds is 6. The van der Waals surface area contributed by atoms with Gasteiger partial charge in [0, 0.05) is 5.56 Å². The number of nitrogens with zero attached hydrogens (tertiary/aromatic N) is 2. The molecule has 0 saturated heterocycles. The first kappa shape index (κ1) is 18.6. The van der Waals surface area contributed by atoms with Crippen LogP contribution in [0.4, 0.5) is 0 Å². The van der Waals surface area contributed by atoms with Crippen LogP contribution >= 0.6 is 11.6 Å². The molecular formula is C19H17ClN2O5. The number of phenolic OH excluding ortho intramolecular Hbond substituents is 1. The summed E-state index contributed by atoms with van der Waals surface area (Å²) in [4.78, 5) is 4.30. The van der Waals surface area contributed by atoms with E-state index in [0.29, 0.717) is 11.4 Å². The summed E-state index contributed by atoms with van der Waals surface area (Å²) in [7, 11) is 4.49. The van der Waals surface area contributed by atoms with Crippen molar-refractivity contribution in [2.24, 2.45) is 0 Å². The molecule has 3 rings (SSSR count). The summed E-state index contributed by atoms with van der Waals surface area (Å²) in [5.74, 6) is 1.72. The molecule has 8 heteroatoms. The van der Waals surface area contributed by atoms with Crippen LogP contribution in [0.25, 0.3) is 22.5 Å². The van der Waals surface area contributed by atoms with Crippen molar-refractivity contribution in [1.29, 1.82) is 0 Å². The topological polar surface area (TPSA) is 86.8 Å². The summed E-state index contributed by atoms with van der Waals surface area (Å²) in [6, 6.07) is 10.5. The largest absolute Gasteiger partial charge is 0.502 e. The van der Waals surface area contributed by atoms with E-state index in [9.17, 15) is 5.11 Å². The van der Waals surface area contributed by atoms with E-state index in [1.807, 2.05) is 12.1 Å². The number of halogens is 1. The van der Waals surface area contributed by atoms with Crippen molar-refractivity contribution in [2.75, 3.05) is 21.3 Å². The standard InChI is InChI=1S/C19H17ClN2O5/c1-24-13-6-4-12(5-7-13)18-21-19(27-22-18)14(20)8-11-9-15(25-2)17(23)16(10-11)26-3/h4-10,23H,1-3H3/b14-8-. The third kappa shape index (κ3) is 3.98. The minimum atomic E-state index is -0.0899. The van der Waals surface area contributed by atoms with Crippen molar-refractivity contribution in [3.05, 3.63) is 47.9 Å². The normalized spacial score (nSPS) is 11.3. The Bertz CT molecular complexity index is 941. The van der Waals surface area contributed by atoms with Gasteiger partial charge in [0.25, 0.3) is 5.89 Å². The summed E-state index contributed by atoms with van der Waals surface area (Å²) in [6.07, 6.45) is 1.61. The van der Waals surface area contributed by atoms with Gasteiger partial charge in [0.2, 0.25) is 11.6 Å². The SMILES string of the molecule is COc1ccc(-c2noc(/C(Cl)=C/c3cc(OC)c(O)c(OC)c3)n2)cc1. The number of phenols is 1. The van der Waals surface area contributed by atoms with E-state index in [2.05, 4.69) is 10.1 Å². The Hall–Kier alpha value is -3.19. The molecule has 0 aliphatic rings. The lowest BCUT2D eigenvalue weighted by atomic mass is 10.1. The Labute approximate surface area is 160 Å². The van der Waals surface area contributed by atoms with Gasteiger partial charge >= 0.3 is 0 Å². The zero-order valence-corrected chi connectivity index (χ0v) is 15.6. The summed E-state index contributed by atoms with van der Waals surface area (Å²) in [6.45, 7) is 0. The van der Waals surface area contributed by atoms with E-state index in [4.69, 9.17) is 30.3 Å². The lowest BCUT2D eigenvalue weighted by molar-refractivity contribution is 0.340. The predicted molar refractivity (Wildman–Crippen MR) is 101 cm³/mol. The van der Waals surface area contributed by atoms with Gasteiger partial charge in [0.05, 0.1) is 21.3 Å². The van der Waals surface area contributed by atoms with Crippen LogP contribution in [-0.4, -0.2) is 36.6 Å². The molecule has 0 atom stereocenters. The molecule has 0 spiro atoms. The van der Waals surface area contributed by atoms with Gasteiger partial charge in [-0.05, 0) is 48.0 Å². The monoisotopic (exact) mass is 388 g/mol. The average Bonchev–Trinajstić information content (AvgIpc) is 3.19. The third-order valence-corrected chi connectivity index (χ3v) is 4.04. The van der Waals surface area contributed by atoms with Crippen LogP contribution in [0.1, 0.15) is 11.5 Å².